The molecular formula is C21H35N3O2. The van der Waals surface area contributed by atoms with Gasteiger partial charge in [-0.1, -0.05) is 38.5 Å². The minimum atomic E-state index is 0.110. The zero-order valence-electron chi connectivity index (χ0n) is 16.2. The standard InChI is InChI=1S/C21H35N3O2/c25-20(14-17-6-2-1-3-7-17)18-15-24(16-18)21(26)23-11-5-10-22(12-13-23)19-8-4-9-19/h17-19H,1-16H2. The first-order valence-corrected chi connectivity index (χ1v) is 11.0. The van der Waals surface area contributed by atoms with E-state index in [-0.39, 0.29) is 11.9 Å². The lowest BCUT2D eigenvalue weighted by Crippen LogP contribution is -2.57. The maximum atomic E-state index is 12.8. The average Bonchev–Trinajstić information content (AvgIpc) is 2.79. The molecule has 2 aliphatic heterocycles. The summed E-state index contributed by atoms with van der Waals surface area (Å²) in [6.07, 6.45) is 12.3. The Balaban J connectivity index is 1.19. The van der Waals surface area contributed by atoms with E-state index in [0.717, 1.165) is 45.1 Å². The van der Waals surface area contributed by atoms with E-state index in [9.17, 15) is 9.59 Å². The molecule has 146 valence electrons. The van der Waals surface area contributed by atoms with Gasteiger partial charge in [-0.05, 0) is 25.2 Å². The third-order valence-electron chi connectivity index (χ3n) is 7.21. The molecule has 4 aliphatic rings. The second kappa shape index (κ2) is 8.28. The fourth-order valence-corrected chi connectivity index (χ4v) is 5.13. The summed E-state index contributed by atoms with van der Waals surface area (Å²) >= 11 is 0. The molecule has 2 heterocycles. The van der Waals surface area contributed by atoms with Gasteiger partial charge in [0.1, 0.15) is 5.78 Å². The van der Waals surface area contributed by atoms with Crippen LogP contribution in [0.5, 0.6) is 0 Å². The number of hydrogen-bond donors (Lipinski definition) is 0. The van der Waals surface area contributed by atoms with Crippen LogP contribution in [0.25, 0.3) is 0 Å². The second-order valence-electron chi connectivity index (χ2n) is 9.02. The molecule has 2 saturated heterocycles. The summed E-state index contributed by atoms with van der Waals surface area (Å²) < 4.78 is 0. The highest BCUT2D eigenvalue weighted by Crippen LogP contribution is 2.30. The molecule has 5 nitrogen and oxygen atoms in total. The van der Waals surface area contributed by atoms with Crippen molar-refractivity contribution in [3.63, 3.8) is 0 Å². The van der Waals surface area contributed by atoms with Gasteiger partial charge in [-0.25, -0.2) is 4.79 Å². The maximum Gasteiger partial charge on any atom is 0.320 e. The summed E-state index contributed by atoms with van der Waals surface area (Å²) in [7, 11) is 0. The Kier molecular flexibility index (Phi) is 5.82. The van der Waals surface area contributed by atoms with E-state index in [1.807, 2.05) is 9.80 Å². The minimum absolute atomic E-state index is 0.110. The van der Waals surface area contributed by atoms with Gasteiger partial charge in [-0.3, -0.25) is 9.69 Å². The van der Waals surface area contributed by atoms with Crippen molar-refractivity contribution >= 4 is 11.8 Å². The largest absolute Gasteiger partial charge is 0.323 e. The van der Waals surface area contributed by atoms with Gasteiger partial charge >= 0.3 is 6.03 Å². The van der Waals surface area contributed by atoms with Crippen LogP contribution in [-0.2, 0) is 4.79 Å². The van der Waals surface area contributed by atoms with Crippen LogP contribution in [0.1, 0.15) is 64.2 Å². The number of amides is 2. The fourth-order valence-electron chi connectivity index (χ4n) is 5.13. The smallest absolute Gasteiger partial charge is 0.320 e. The summed E-state index contributed by atoms with van der Waals surface area (Å²) in [6.45, 7) is 5.21. The van der Waals surface area contributed by atoms with Gasteiger partial charge in [0.25, 0.3) is 0 Å². The molecule has 0 radical (unpaired) electrons. The molecule has 5 heteroatoms. The summed E-state index contributed by atoms with van der Waals surface area (Å²) in [6, 6.07) is 0.943. The van der Waals surface area contributed by atoms with Crippen molar-refractivity contribution in [2.45, 2.75) is 70.3 Å². The van der Waals surface area contributed by atoms with E-state index < -0.39 is 0 Å². The Labute approximate surface area is 158 Å². The Morgan fingerprint density at radius 2 is 1.50 bits per heavy atom. The zero-order chi connectivity index (χ0) is 17.9. The molecule has 2 aliphatic carbocycles. The summed E-state index contributed by atoms with van der Waals surface area (Å²) in [5.74, 6) is 1.14. The molecule has 0 aromatic carbocycles. The van der Waals surface area contributed by atoms with E-state index in [1.54, 1.807) is 0 Å². The van der Waals surface area contributed by atoms with Crippen LogP contribution in [0.2, 0.25) is 0 Å². The molecular weight excluding hydrogens is 326 g/mol. The van der Waals surface area contributed by atoms with E-state index >= 15 is 0 Å². The molecule has 0 unspecified atom stereocenters. The van der Waals surface area contributed by atoms with Crippen LogP contribution in [-0.4, -0.2) is 71.8 Å². The molecule has 0 aromatic heterocycles. The molecule has 4 fully saturated rings. The first-order chi connectivity index (χ1) is 12.7. The van der Waals surface area contributed by atoms with E-state index in [1.165, 1.54) is 51.4 Å². The van der Waals surface area contributed by atoms with Crippen molar-refractivity contribution in [1.82, 2.24) is 14.7 Å². The van der Waals surface area contributed by atoms with Gasteiger partial charge in [0, 0.05) is 51.7 Å². The molecule has 0 bridgehead atoms. The molecule has 26 heavy (non-hydrogen) atoms. The number of carbonyl (C=O) groups excluding carboxylic acids is 2. The first-order valence-electron chi connectivity index (χ1n) is 11.0. The van der Waals surface area contributed by atoms with Gasteiger partial charge < -0.3 is 9.80 Å². The highest BCUT2D eigenvalue weighted by Gasteiger charge is 2.38. The molecule has 4 rings (SSSR count). The van der Waals surface area contributed by atoms with Crippen molar-refractivity contribution in [3.05, 3.63) is 0 Å². The maximum absolute atomic E-state index is 12.8. The van der Waals surface area contributed by atoms with Gasteiger partial charge in [-0.2, -0.15) is 0 Å². The third-order valence-corrected chi connectivity index (χ3v) is 7.21. The highest BCUT2D eigenvalue weighted by molar-refractivity contribution is 5.85. The Bertz CT molecular complexity index is 507. The van der Waals surface area contributed by atoms with Crippen molar-refractivity contribution < 1.29 is 9.59 Å². The van der Waals surface area contributed by atoms with E-state index in [2.05, 4.69) is 4.90 Å². The van der Waals surface area contributed by atoms with Crippen LogP contribution in [0.4, 0.5) is 4.79 Å². The lowest BCUT2D eigenvalue weighted by Gasteiger charge is -2.41. The van der Waals surface area contributed by atoms with Gasteiger partial charge in [0.15, 0.2) is 0 Å². The minimum Gasteiger partial charge on any atom is -0.323 e. The Hall–Kier alpha value is -1.10. The SMILES string of the molecule is O=C(CC1CCCCC1)C1CN(C(=O)N2CCCN(C3CCC3)CC2)C1. The fraction of sp³-hybridized carbons (Fsp3) is 0.905. The predicted octanol–water partition coefficient (Wildman–Crippen LogP) is 3.14. The number of ketones is 1. The predicted molar refractivity (Wildman–Crippen MR) is 102 cm³/mol. The molecule has 2 amide bonds. The van der Waals surface area contributed by atoms with Gasteiger partial charge in [0.2, 0.25) is 0 Å². The van der Waals surface area contributed by atoms with Gasteiger partial charge in [-0.15, -0.1) is 0 Å². The zero-order valence-corrected chi connectivity index (χ0v) is 16.2. The topological polar surface area (TPSA) is 43.9 Å². The summed E-state index contributed by atoms with van der Waals surface area (Å²) in [4.78, 5) is 31.8. The van der Waals surface area contributed by atoms with Crippen LogP contribution in [0.3, 0.4) is 0 Å². The van der Waals surface area contributed by atoms with Crippen molar-refractivity contribution in [1.29, 1.82) is 0 Å². The monoisotopic (exact) mass is 361 g/mol. The summed E-state index contributed by atoms with van der Waals surface area (Å²) in [5.41, 5.74) is 0. The number of rotatable bonds is 4. The number of carbonyl (C=O) groups is 2. The highest BCUT2D eigenvalue weighted by atomic mass is 16.2. The summed E-state index contributed by atoms with van der Waals surface area (Å²) in [5, 5.41) is 0. The number of nitrogens with zero attached hydrogens (tertiary/aromatic N) is 3. The molecule has 0 N–H and O–H groups in total. The number of hydrogen-bond acceptors (Lipinski definition) is 3. The van der Waals surface area contributed by atoms with E-state index in [4.69, 9.17) is 0 Å². The van der Waals surface area contributed by atoms with E-state index in [0.29, 0.717) is 24.8 Å². The normalized spacial score (nSPS) is 26.9. The molecule has 2 saturated carbocycles. The quantitative estimate of drug-likeness (QED) is 0.773. The van der Waals surface area contributed by atoms with Gasteiger partial charge in [0.05, 0.1) is 5.92 Å². The number of urea groups is 1. The lowest BCUT2D eigenvalue weighted by molar-refractivity contribution is -0.128. The van der Waals surface area contributed by atoms with Crippen LogP contribution >= 0.6 is 0 Å². The average molecular weight is 362 g/mol. The van der Waals surface area contributed by atoms with Crippen molar-refractivity contribution in [3.8, 4) is 0 Å². The van der Waals surface area contributed by atoms with Crippen molar-refractivity contribution in [2.24, 2.45) is 11.8 Å². The lowest BCUT2D eigenvalue weighted by atomic mass is 9.82. The third kappa shape index (κ3) is 4.08. The molecule has 0 atom stereocenters. The first kappa shape index (κ1) is 18.3. The second-order valence-corrected chi connectivity index (χ2v) is 9.02. The van der Waals surface area contributed by atoms with Crippen LogP contribution in [0.15, 0.2) is 0 Å². The Morgan fingerprint density at radius 3 is 2.19 bits per heavy atom. The number of likely N-dealkylation sites (tertiary alicyclic amines) is 1. The van der Waals surface area contributed by atoms with Crippen molar-refractivity contribution in [2.75, 3.05) is 39.3 Å². The molecule has 0 aromatic rings. The van der Waals surface area contributed by atoms with Crippen LogP contribution in [0, 0.1) is 11.8 Å². The number of Topliss-reactive ketones (excluding diaryl/α,β-unsaturated/α-hetero) is 1. The van der Waals surface area contributed by atoms with Crippen LogP contribution < -0.4 is 0 Å². The molecule has 0 spiro atoms. The Morgan fingerprint density at radius 1 is 0.731 bits per heavy atom.